The van der Waals surface area contributed by atoms with Crippen LogP contribution in [0.15, 0.2) is 30.3 Å². The molecule has 2 heteroatoms. The van der Waals surface area contributed by atoms with Gasteiger partial charge in [-0.25, -0.2) is 0 Å². The zero-order valence-electron chi connectivity index (χ0n) is 10.7. The Morgan fingerprint density at radius 1 is 1.29 bits per heavy atom. The van der Waals surface area contributed by atoms with E-state index in [9.17, 15) is 5.11 Å². The first-order valence-corrected chi connectivity index (χ1v) is 6.79. The van der Waals surface area contributed by atoms with Crippen LogP contribution < -0.4 is 0 Å². The summed E-state index contributed by atoms with van der Waals surface area (Å²) in [5.74, 6) is 0. The predicted octanol–water partition coefficient (Wildman–Crippen LogP) is 2.81. The minimum Gasteiger partial charge on any atom is -0.378 e. The Labute approximate surface area is 104 Å². The second-order valence-electron chi connectivity index (χ2n) is 4.97. The Bertz CT molecular complexity index is 325. The van der Waals surface area contributed by atoms with Gasteiger partial charge in [-0.15, -0.1) is 0 Å². The average molecular weight is 233 g/mol. The number of aliphatic hydroxyl groups excluding tert-OH is 1. The topological polar surface area (TPSA) is 23.5 Å². The van der Waals surface area contributed by atoms with Gasteiger partial charge < -0.3 is 5.11 Å². The summed E-state index contributed by atoms with van der Waals surface area (Å²) in [6, 6.07) is 11.1. The van der Waals surface area contributed by atoms with Gasteiger partial charge in [-0.1, -0.05) is 43.7 Å². The van der Waals surface area contributed by atoms with Gasteiger partial charge in [-0.2, -0.15) is 0 Å². The summed E-state index contributed by atoms with van der Waals surface area (Å²) in [4.78, 5) is 2.29. The molecule has 0 spiro atoms. The van der Waals surface area contributed by atoms with E-state index in [1.807, 2.05) is 0 Å². The molecule has 1 fully saturated rings. The fourth-order valence-electron chi connectivity index (χ4n) is 2.76. The minimum atomic E-state index is -0.260. The van der Waals surface area contributed by atoms with E-state index in [1.54, 1.807) is 0 Å². The van der Waals surface area contributed by atoms with E-state index < -0.39 is 0 Å². The summed E-state index contributed by atoms with van der Waals surface area (Å²) < 4.78 is 0. The van der Waals surface area contributed by atoms with E-state index in [1.165, 1.54) is 24.8 Å². The van der Waals surface area contributed by atoms with Crippen molar-refractivity contribution >= 4 is 0 Å². The highest BCUT2D eigenvalue weighted by Crippen LogP contribution is 2.23. The molecular formula is C15H23NO. The summed E-state index contributed by atoms with van der Waals surface area (Å²) >= 11 is 0. The van der Waals surface area contributed by atoms with Gasteiger partial charge in [0.05, 0.1) is 0 Å². The van der Waals surface area contributed by atoms with E-state index in [0.717, 1.165) is 19.4 Å². The molecule has 1 aliphatic heterocycles. The van der Waals surface area contributed by atoms with Gasteiger partial charge in [-0.05, 0) is 31.2 Å². The van der Waals surface area contributed by atoms with Gasteiger partial charge in [0, 0.05) is 12.6 Å². The first-order valence-electron chi connectivity index (χ1n) is 6.79. The smallest absolute Gasteiger partial charge is 0.107 e. The third-order valence-corrected chi connectivity index (χ3v) is 3.73. The molecule has 17 heavy (non-hydrogen) atoms. The predicted molar refractivity (Wildman–Crippen MR) is 70.8 cm³/mol. The molecule has 2 unspecified atom stereocenters. The molecule has 2 atom stereocenters. The van der Waals surface area contributed by atoms with Crippen LogP contribution in [-0.4, -0.2) is 28.8 Å². The van der Waals surface area contributed by atoms with Crippen molar-refractivity contribution in [1.29, 1.82) is 0 Å². The third-order valence-electron chi connectivity index (χ3n) is 3.73. The van der Waals surface area contributed by atoms with Crippen molar-refractivity contribution in [2.75, 3.05) is 6.54 Å². The number of hydrogen-bond donors (Lipinski definition) is 1. The summed E-state index contributed by atoms with van der Waals surface area (Å²) in [7, 11) is 0. The first-order chi connectivity index (χ1) is 8.31. The number of piperidine rings is 1. The van der Waals surface area contributed by atoms with Gasteiger partial charge in [0.1, 0.15) is 6.23 Å². The molecule has 1 aromatic carbocycles. The summed E-state index contributed by atoms with van der Waals surface area (Å²) in [5, 5.41) is 10.1. The average Bonchev–Trinajstić information content (AvgIpc) is 2.40. The van der Waals surface area contributed by atoms with Crippen molar-refractivity contribution in [2.24, 2.45) is 0 Å². The normalized spacial score (nSPS) is 23.5. The molecule has 0 aliphatic carbocycles. The standard InChI is InChI=1S/C15H23NO/c1-2-15(17)16-11-7-6-10-14(16)12-13-8-4-3-5-9-13/h3-5,8-9,14-15,17H,2,6-7,10-12H2,1H3. The number of aliphatic hydroxyl groups is 1. The van der Waals surface area contributed by atoms with Crippen LogP contribution in [0.2, 0.25) is 0 Å². The number of likely N-dealkylation sites (tertiary alicyclic amines) is 1. The molecule has 2 rings (SSSR count). The minimum absolute atomic E-state index is 0.260. The molecule has 0 amide bonds. The van der Waals surface area contributed by atoms with Gasteiger partial charge in [-0.3, -0.25) is 4.90 Å². The summed E-state index contributed by atoms with van der Waals surface area (Å²) in [5.41, 5.74) is 1.38. The van der Waals surface area contributed by atoms with Gasteiger partial charge in [0.15, 0.2) is 0 Å². The maximum atomic E-state index is 10.1. The molecule has 1 aliphatic rings. The number of hydrogen-bond acceptors (Lipinski definition) is 2. The molecule has 0 aromatic heterocycles. The Balaban J connectivity index is 2.01. The molecule has 0 radical (unpaired) electrons. The van der Waals surface area contributed by atoms with Crippen LogP contribution in [0.3, 0.4) is 0 Å². The zero-order valence-corrected chi connectivity index (χ0v) is 10.7. The van der Waals surface area contributed by atoms with E-state index >= 15 is 0 Å². The lowest BCUT2D eigenvalue weighted by atomic mass is 9.95. The van der Waals surface area contributed by atoms with Crippen LogP contribution in [0.1, 0.15) is 38.2 Å². The third kappa shape index (κ3) is 3.30. The highest BCUT2D eigenvalue weighted by molar-refractivity contribution is 5.16. The molecule has 1 saturated heterocycles. The fourth-order valence-corrected chi connectivity index (χ4v) is 2.76. The largest absolute Gasteiger partial charge is 0.378 e. The van der Waals surface area contributed by atoms with Crippen LogP contribution in [0.5, 0.6) is 0 Å². The summed E-state index contributed by atoms with van der Waals surface area (Å²) in [6.45, 7) is 3.10. The lowest BCUT2D eigenvalue weighted by Crippen LogP contribution is -2.47. The highest BCUT2D eigenvalue weighted by Gasteiger charge is 2.26. The molecule has 0 saturated carbocycles. The maximum Gasteiger partial charge on any atom is 0.107 e. The lowest BCUT2D eigenvalue weighted by Gasteiger charge is -2.38. The lowest BCUT2D eigenvalue weighted by molar-refractivity contribution is -0.0420. The van der Waals surface area contributed by atoms with E-state index in [4.69, 9.17) is 0 Å². The molecule has 94 valence electrons. The van der Waals surface area contributed by atoms with Crippen molar-refractivity contribution in [1.82, 2.24) is 4.90 Å². The number of benzene rings is 1. The quantitative estimate of drug-likeness (QED) is 0.864. The van der Waals surface area contributed by atoms with E-state index in [2.05, 4.69) is 42.2 Å². The Morgan fingerprint density at radius 2 is 2.06 bits per heavy atom. The number of rotatable bonds is 4. The van der Waals surface area contributed by atoms with Crippen molar-refractivity contribution in [3.63, 3.8) is 0 Å². The Kier molecular flexibility index (Phi) is 4.57. The monoisotopic (exact) mass is 233 g/mol. The summed E-state index contributed by atoms with van der Waals surface area (Å²) in [6.07, 6.45) is 5.37. The van der Waals surface area contributed by atoms with Crippen molar-refractivity contribution in [3.8, 4) is 0 Å². The van der Waals surface area contributed by atoms with Crippen molar-refractivity contribution in [2.45, 2.75) is 51.3 Å². The van der Waals surface area contributed by atoms with Crippen LogP contribution in [-0.2, 0) is 6.42 Å². The zero-order chi connectivity index (χ0) is 12.1. The Hall–Kier alpha value is -0.860. The van der Waals surface area contributed by atoms with Crippen LogP contribution in [0.25, 0.3) is 0 Å². The number of nitrogens with zero attached hydrogens (tertiary/aromatic N) is 1. The van der Waals surface area contributed by atoms with Gasteiger partial charge >= 0.3 is 0 Å². The van der Waals surface area contributed by atoms with Crippen molar-refractivity contribution in [3.05, 3.63) is 35.9 Å². The molecule has 0 bridgehead atoms. The second-order valence-corrected chi connectivity index (χ2v) is 4.97. The molecule has 2 nitrogen and oxygen atoms in total. The maximum absolute atomic E-state index is 10.1. The van der Waals surface area contributed by atoms with E-state index in [-0.39, 0.29) is 6.23 Å². The molecule has 1 heterocycles. The fraction of sp³-hybridized carbons (Fsp3) is 0.600. The first kappa shape index (κ1) is 12.6. The van der Waals surface area contributed by atoms with Gasteiger partial charge in [0.2, 0.25) is 0 Å². The highest BCUT2D eigenvalue weighted by atomic mass is 16.3. The van der Waals surface area contributed by atoms with Crippen LogP contribution in [0, 0.1) is 0 Å². The SMILES string of the molecule is CCC(O)N1CCCCC1Cc1ccccc1. The second kappa shape index (κ2) is 6.18. The molecule has 1 aromatic rings. The van der Waals surface area contributed by atoms with Crippen molar-refractivity contribution < 1.29 is 5.11 Å². The van der Waals surface area contributed by atoms with Gasteiger partial charge in [0.25, 0.3) is 0 Å². The molecule has 1 N–H and O–H groups in total. The molecular weight excluding hydrogens is 210 g/mol. The van der Waals surface area contributed by atoms with Crippen LogP contribution in [0.4, 0.5) is 0 Å². The van der Waals surface area contributed by atoms with E-state index in [0.29, 0.717) is 6.04 Å². The Morgan fingerprint density at radius 3 is 2.76 bits per heavy atom. The van der Waals surface area contributed by atoms with Crippen LogP contribution >= 0.6 is 0 Å².